The Morgan fingerprint density at radius 2 is 2.13 bits per heavy atom. The molecule has 0 spiro atoms. The second-order valence-corrected chi connectivity index (χ2v) is 6.11. The van der Waals surface area contributed by atoms with Crippen LogP contribution in [0.5, 0.6) is 0 Å². The predicted octanol–water partition coefficient (Wildman–Crippen LogP) is -0.661. The average Bonchev–Trinajstić information content (AvgIpc) is 3.17. The third-order valence-corrected chi connectivity index (χ3v) is 4.69. The molecule has 1 aromatic rings. The van der Waals surface area contributed by atoms with E-state index in [2.05, 4.69) is 16.0 Å². The van der Waals surface area contributed by atoms with Gasteiger partial charge in [-0.15, -0.1) is 0 Å². The summed E-state index contributed by atoms with van der Waals surface area (Å²) in [7, 11) is 0. The molecule has 4 atom stereocenters. The Kier molecular flexibility index (Phi) is 4.35. The molecular weight excluding hydrogens is 300 g/mol. The van der Waals surface area contributed by atoms with Gasteiger partial charge in [-0.3, -0.25) is 19.2 Å². The Hall–Kier alpha value is -1.95. The highest BCUT2D eigenvalue weighted by Gasteiger charge is 2.49. The highest BCUT2D eigenvalue weighted by molar-refractivity contribution is 5.08. The van der Waals surface area contributed by atoms with Crippen molar-refractivity contribution in [3.63, 3.8) is 0 Å². The second-order valence-electron chi connectivity index (χ2n) is 6.11. The number of aliphatic hydroxyl groups is 1. The normalized spacial score (nSPS) is 31.3. The van der Waals surface area contributed by atoms with Gasteiger partial charge in [0.2, 0.25) is 0 Å². The monoisotopic (exact) mass is 320 g/mol. The molecule has 2 aliphatic heterocycles. The molecule has 2 aliphatic rings. The number of likely N-dealkylation sites (tertiary alicyclic amines) is 1. The lowest BCUT2D eigenvalue weighted by Crippen LogP contribution is -2.45. The molecule has 0 aromatic carbocycles. The highest BCUT2D eigenvalue weighted by atomic mass is 16.5. The lowest BCUT2D eigenvalue weighted by atomic mass is 9.96. The third-order valence-electron chi connectivity index (χ3n) is 4.69. The summed E-state index contributed by atoms with van der Waals surface area (Å²) in [6.45, 7) is 2.99. The Balaban J connectivity index is 2.05. The standard InChI is InChI=1S/C15H20N4O4/c1-9-7-19(15(22)17-13(9)21)14-12(18-4-2-3-5-18)10(6-16)11(8-20)23-14/h7,10-12,14,20H,2-5,8H2,1H3,(H,17,21,22)/t10-,11+,12+,14+/m0/s1. The van der Waals surface area contributed by atoms with E-state index in [0.717, 1.165) is 25.9 Å². The Labute approximate surface area is 132 Å². The van der Waals surface area contributed by atoms with E-state index in [0.29, 0.717) is 5.56 Å². The van der Waals surface area contributed by atoms with Crippen LogP contribution in [0.3, 0.4) is 0 Å². The molecule has 8 heteroatoms. The molecule has 3 heterocycles. The summed E-state index contributed by atoms with van der Waals surface area (Å²) >= 11 is 0. The van der Waals surface area contributed by atoms with Gasteiger partial charge in [0.05, 0.1) is 24.6 Å². The molecule has 1 aromatic heterocycles. The summed E-state index contributed by atoms with van der Waals surface area (Å²) in [6.07, 6.45) is 2.19. The number of ether oxygens (including phenoxy) is 1. The van der Waals surface area contributed by atoms with Crippen LogP contribution in [0.4, 0.5) is 0 Å². The van der Waals surface area contributed by atoms with Gasteiger partial charge in [0, 0.05) is 11.8 Å². The molecule has 3 rings (SSSR count). The first-order valence-corrected chi connectivity index (χ1v) is 7.79. The van der Waals surface area contributed by atoms with Crippen molar-refractivity contribution < 1.29 is 9.84 Å². The first-order chi connectivity index (χ1) is 11.1. The van der Waals surface area contributed by atoms with Gasteiger partial charge in [0.1, 0.15) is 6.10 Å². The maximum atomic E-state index is 12.2. The first kappa shape index (κ1) is 15.9. The van der Waals surface area contributed by atoms with Gasteiger partial charge >= 0.3 is 5.69 Å². The zero-order chi connectivity index (χ0) is 16.6. The molecule has 0 amide bonds. The van der Waals surface area contributed by atoms with E-state index in [1.165, 1.54) is 10.8 Å². The SMILES string of the molecule is Cc1cn([C@@H]2O[C@H](CO)[C@H](C#N)[C@H]2N2CCCC2)c(=O)[nH]c1=O. The molecule has 124 valence electrons. The zero-order valence-electron chi connectivity index (χ0n) is 12.9. The molecule has 0 saturated carbocycles. The number of aliphatic hydroxyl groups excluding tert-OH is 1. The minimum absolute atomic E-state index is 0.282. The van der Waals surface area contributed by atoms with Crippen LogP contribution in [-0.2, 0) is 4.74 Å². The zero-order valence-corrected chi connectivity index (χ0v) is 12.9. The van der Waals surface area contributed by atoms with Crippen molar-refractivity contribution in [3.8, 4) is 6.07 Å². The summed E-state index contributed by atoms with van der Waals surface area (Å²) in [5.74, 6) is -0.526. The fourth-order valence-electron chi connectivity index (χ4n) is 3.51. The fraction of sp³-hybridized carbons (Fsp3) is 0.667. The topological polar surface area (TPSA) is 111 Å². The van der Waals surface area contributed by atoms with Crippen LogP contribution >= 0.6 is 0 Å². The average molecular weight is 320 g/mol. The summed E-state index contributed by atoms with van der Waals surface area (Å²) < 4.78 is 7.16. The fourth-order valence-corrected chi connectivity index (χ4v) is 3.51. The number of rotatable bonds is 3. The number of nitrogens with zero attached hydrogens (tertiary/aromatic N) is 3. The maximum Gasteiger partial charge on any atom is 0.330 e. The summed E-state index contributed by atoms with van der Waals surface area (Å²) in [4.78, 5) is 28.2. The molecular formula is C15H20N4O4. The summed E-state index contributed by atoms with van der Waals surface area (Å²) in [5.41, 5.74) is -0.600. The molecule has 2 fully saturated rings. The van der Waals surface area contributed by atoms with Gasteiger partial charge in [-0.2, -0.15) is 5.26 Å². The van der Waals surface area contributed by atoms with Crippen LogP contribution in [0.15, 0.2) is 15.8 Å². The molecule has 0 bridgehead atoms. The molecule has 23 heavy (non-hydrogen) atoms. The van der Waals surface area contributed by atoms with Crippen molar-refractivity contribution in [2.24, 2.45) is 5.92 Å². The van der Waals surface area contributed by atoms with Crippen LogP contribution < -0.4 is 11.2 Å². The van der Waals surface area contributed by atoms with Crippen LogP contribution in [0.2, 0.25) is 0 Å². The number of H-pyrrole nitrogens is 1. The minimum Gasteiger partial charge on any atom is -0.394 e. The van der Waals surface area contributed by atoms with Crippen LogP contribution in [0.25, 0.3) is 0 Å². The number of aryl methyl sites for hydroxylation is 1. The van der Waals surface area contributed by atoms with E-state index < -0.39 is 29.5 Å². The van der Waals surface area contributed by atoms with Crippen molar-refractivity contribution in [2.75, 3.05) is 19.7 Å². The van der Waals surface area contributed by atoms with Crippen molar-refractivity contribution in [1.82, 2.24) is 14.5 Å². The van der Waals surface area contributed by atoms with E-state index in [4.69, 9.17) is 4.74 Å². The first-order valence-electron chi connectivity index (χ1n) is 7.79. The van der Waals surface area contributed by atoms with Gasteiger partial charge in [0.25, 0.3) is 5.56 Å². The van der Waals surface area contributed by atoms with E-state index in [1.54, 1.807) is 6.92 Å². The summed E-state index contributed by atoms with van der Waals surface area (Å²) in [6, 6.07) is 1.91. The van der Waals surface area contributed by atoms with Crippen molar-refractivity contribution in [2.45, 2.75) is 38.1 Å². The lowest BCUT2D eigenvalue weighted by molar-refractivity contribution is -0.0427. The van der Waals surface area contributed by atoms with Crippen LogP contribution in [-0.4, -0.2) is 51.4 Å². The number of nitriles is 1. The molecule has 0 aliphatic carbocycles. The van der Waals surface area contributed by atoms with E-state index in [1.807, 2.05) is 0 Å². The van der Waals surface area contributed by atoms with Gasteiger partial charge in [0.15, 0.2) is 6.23 Å². The van der Waals surface area contributed by atoms with Crippen molar-refractivity contribution in [1.29, 1.82) is 5.26 Å². The van der Waals surface area contributed by atoms with Gasteiger partial charge in [-0.1, -0.05) is 0 Å². The molecule has 2 saturated heterocycles. The predicted molar refractivity (Wildman–Crippen MR) is 80.8 cm³/mol. The van der Waals surface area contributed by atoms with Gasteiger partial charge in [-0.25, -0.2) is 4.79 Å². The number of aromatic nitrogens is 2. The van der Waals surface area contributed by atoms with Crippen molar-refractivity contribution in [3.05, 3.63) is 32.6 Å². The highest BCUT2D eigenvalue weighted by Crippen LogP contribution is 2.37. The number of hydrogen-bond acceptors (Lipinski definition) is 6. The number of hydrogen-bond donors (Lipinski definition) is 2. The minimum atomic E-state index is -0.696. The maximum absolute atomic E-state index is 12.2. The Morgan fingerprint density at radius 3 is 2.74 bits per heavy atom. The van der Waals surface area contributed by atoms with Gasteiger partial charge < -0.3 is 9.84 Å². The number of nitrogens with one attached hydrogen (secondary N) is 1. The smallest absolute Gasteiger partial charge is 0.330 e. The molecule has 8 nitrogen and oxygen atoms in total. The molecule has 0 radical (unpaired) electrons. The van der Waals surface area contributed by atoms with E-state index in [-0.39, 0.29) is 12.6 Å². The summed E-state index contributed by atoms with van der Waals surface area (Å²) in [5, 5.41) is 19.0. The Morgan fingerprint density at radius 1 is 1.43 bits per heavy atom. The second kappa shape index (κ2) is 6.28. The molecule has 0 unspecified atom stereocenters. The van der Waals surface area contributed by atoms with Crippen molar-refractivity contribution >= 4 is 0 Å². The van der Waals surface area contributed by atoms with Crippen LogP contribution in [0, 0.1) is 24.2 Å². The lowest BCUT2D eigenvalue weighted by Gasteiger charge is -2.30. The quantitative estimate of drug-likeness (QED) is 0.765. The largest absolute Gasteiger partial charge is 0.394 e. The Bertz CT molecular complexity index is 728. The van der Waals surface area contributed by atoms with Gasteiger partial charge in [-0.05, 0) is 32.9 Å². The van der Waals surface area contributed by atoms with E-state index >= 15 is 0 Å². The molecule has 2 N–H and O–H groups in total. The van der Waals surface area contributed by atoms with E-state index in [9.17, 15) is 20.0 Å². The number of aromatic amines is 1. The van der Waals surface area contributed by atoms with Crippen LogP contribution in [0.1, 0.15) is 24.6 Å². The third kappa shape index (κ3) is 2.72.